The molecule has 1 aliphatic rings. The second-order valence-electron chi connectivity index (χ2n) is 8.27. The summed E-state index contributed by atoms with van der Waals surface area (Å²) < 4.78 is 0. The molecule has 0 atom stereocenters. The zero-order valence-electron chi connectivity index (χ0n) is 18.2. The minimum absolute atomic E-state index is 0.0717. The molecule has 0 radical (unpaired) electrons. The lowest BCUT2D eigenvalue weighted by molar-refractivity contribution is 0.119. The van der Waals surface area contributed by atoms with Gasteiger partial charge in [0.05, 0.1) is 23.1 Å². The number of nitrogens with one attached hydrogen (secondary N) is 1. The topological polar surface area (TPSA) is 78.0 Å². The van der Waals surface area contributed by atoms with Crippen molar-refractivity contribution in [1.82, 2.24) is 29.7 Å². The first kappa shape index (κ1) is 20.5. The molecule has 3 heterocycles. The molecule has 1 N–H and O–H groups in total. The number of nitrogens with zero attached hydrogens (tertiary/aromatic N) is 5. The van der Waals surface area contributed by atoms with Gasteiger partial charge in [-0.2, -0.15) is 0 Å². The number of rotatable bonds is 5. The fourth-order valence-corrected chi connectivity index (χ4v) is 4.19. The van der Waals surface area contributed by atoms with Crippen LogP contribution in [0.15, 0.2) is 65.5 Å². The molecule has 0 aliphatic carbocycles. The molecule has 0 unspecified atom stereocenters. The van der Waals surface area contributed by atoms with Gasteiger partial charge in [-0.05, 0) is 25.1 Å². The van der Waals surface area contributed by atoms with Crippen molar-refractivity contribution in [1.29, 1.82) is 0 Å². The van der Waals surface area contributed by atoms with E-state index in [1.54, 1.807) is 0 Å². The van der Waals surface area contributed by atoms with Gasteiger partial charge in [0.2, 0.25) is 0 Å². The van der Waals surface area contributed by atoms with Crippen LogP contribution in [-0.2, 0) is 13.1 Å². The molecule has 4 aromatic rings. The van der Waals surface area contributed by atoms with Crippen LogP contribution >= 0.6 is 0 Å². The molecular weight excluding hydrogens is 400 g/mol. The van der Waals surface area contributed by atoms with E-state index in [1.165, 1.54) is 0 Å². The maximum Gasteiger partial charge on any atom is 0.258 e. The Morgan fingerprint density at radius 2 is 1.53 bits per heavy atom. The molecule has 7 nitrogen and oxygen atoms in total. The van der Waals surface area contributed by atoms with Gasteiger partial charge in [-0.15, -0.1) is 0 Å². The van der Waals surface area contributed by atoms with Gasteiger partial charge in [-0.3, -0.25) is 14.6 Å². The summed E-state index contributed by atoms with van der Waals surface area (Å²) >= 11 is 0. The second-order valence-corrected chi connectivity index (χ2v) is 8.27. The highest BCUT2D eigenvalue weighted by Crippen LogP contribution is 2.17. The maximum atomic E-state index is 12.3. The Kier molecular flexibility index (Phi) is 5.75. The third-order valence-corrected chi connectivity index (χ3v) is 5.83. The summed E-state index contributed by atoms with van der Waals surface area (Å²) in [6.07, 6.45) is 0. The Morgan fingerprint density at radius 3 is 2.31 bits per heavy atom. The molecule has 0 saturated carbocycles. The molecule has 2 aromatic carbocycles. The van der Waals surface area contributed by atoms with Gasteiger partial charge in [0.15, 0.2) is 5.82 Å². The Hall–Kier alpha value is -3.42. The first-order valence-corrected chi connectivity index (χ1v) is 11.0. The number of fused-ring (bicyclic) bond motifs is 1. The average Bonchev–Trinajstić information content (AvgIpc) is 2.81. The first-order chi connectivity index (χ1) is 15.6. The van der Waals surface area contributed by atoms with Gasteiger partial charge in [0.1, 0.15) is 5.82 Å². The molecular formula is C25H26N6O. The molecule has 1 saturated heterocycles. The molecule has 0 bridgehead atoms. The summed E-state index contributed by atoms with van der Waals surface area (Å²) in [5, 5.41) is 0.635. The van der Waals surface area contributed by atoms with Crippen molar-refractivity contribution in [3.63, 3.8) is 0 Å². The van der Waals surface area contributed by atoms with Crippen molar-refractivity contribution < 1.29 is 0 Å². The predicted octanol–water partition coefficient (Wildman–Crippen LogP) is 3.01. The summed E-state index contributed by atoms with van der Waals surface area (Å²) in [6.45, 7) is 7.22. The van der Waals surface area contributed by atoms with Crippen LogP contribution < -0.4 is 5.56 Å². The van der Waals surface area contributed by atoms with Crippen molar-refractivity contribution in [2.75, 3.05) is 26.2 Å². The van der Waals surface area contributed by atoms with E-state index >= 15 is 0 Å². The molecule has 162 valence electrons. The molecule has 32 heavy (non-hydrogen) atoms. The highest BCUT2D eigenvalue weighted by Gasteiger charge is 2.19. The number of H-pyrrole nitrogens is 1. The Morgan fingerprint density at radius 1 is 0.844 bits per heavy atom. The van der Waals surface area contributed by atoms with E-state index in [9.17, 15) is 4.79 Å². The van der Waals surface area contributed by atoms with Crippen molar-refractivity contribution in [3.05, 3.63) is 88.2 Å². The Bertz CT molecular complexity index is 1280. The van der Waals surface area contributed by atoms with E-state index in [4.69, 9.17) is 4.98 Å². The average molecular weight is 427 g/mol. The number of piperazine rings is 1. The highest BCUT2D eigenvalue weighted by molar-refractivity contribution is 5.77. The zero-order valence-corrected chi connectivity index (χ0v) is 18.2. The summed E-state index contributed by atoms with van der Waals surface area (Å²) in [6, 6.07) is 19.7. The third-order valence-electron chi connectivity index (χ3n) is 5.83. The van der Waals surface area contributed by atoms with E-state index in [-0.39, 0.29) is 5.56 Å². The quantitative estimate of drug-likeness (QED) is 0.529. The van der Waals surface area contributed by atoms with Crippen molar-refractivity contribution in [2.45, 2.75) is 20.0 Å². The standard InChI is InChI=1S/C25H26N6O/c1-18-15-20(27-24(26-18)19-7-3-2-4-8-19)16-30-11-13-31(14-12-30)17-23-28-22-10-6-5-9-21(22)25(32)29-23/h2-10,15H,11-14,16-17H2,1H3,(H,28,29,32). The van der Waals surface area contributed by atoms with Gasteiger partial charge >= 0.3 is 0 Å². The van der Waals surface area contributed by atoms with Crippen LogP contribution in [0, 0.1) is 6.92 Å². The number of aryl methyl sites for hydroxylation is 1. The fourth-order valence-electron chi connectivity index (χ4n) is 4.19. The lowest BCUT2D eigenvalue weighted by Gasteiger charge is -2.34. The first-order valence-electron chi connectivity index (χ1n) is 11.0. The number of para-hydroxylation sites is 1. The van der Waals surface area contributed by atoms with Gasteiger partial charge in [0, 0.05) is 44.0 Å². The van der Waals surface area contributed by atoms with Crippen LogP contribution in [0.2, 0.25) is 0 Å². The monoisotopic (exact) mass is 426 g/mol. The van der Waals surface area contributed by atoms with Gasteiger partial charge in [-0.25, -0.2) is 15.0 Å². The van der Waals surface area contributed by atoms with E-state index < -0.39 is 0 Å². The van der Waals surface area contributed by atoms with Crippen LogP contribution in [0.25, 0.3) is 22.3 Å². The second kappa shape index (κ2) is 8.98. The predicted molar refractivity (Wildman–Crippen MR) is 125 cm³/mol. The fraction of sp³-hybridized carbons (Fsp3) is 0.280. The lowest BCUT2D eigenvalue weighted by Crippen LogP contribution is -2.45. The van der Waals surface area contributed by atoms with Crippen molar-refractivity contribution in [3.8, 4) is 11.4 Å². The van der Waals surface area contributed by atoms with E-state index in [2.05, 4.69) is 30.8 Å². The largest absolute Gasteiger partial charge is 0.309 e. The number of aromatic amines is 1. The summed E-state index contributed by atoms with van der Waals surface area (Å²) in [5.41, 5.74) is 3.75. The summed E-state index contributed by atoms with van der Waals surface area (Å²) in [5.74, 6) is 1.51. The van der Waals surface area contributed by atoms with Crippen LogP contribution in [0.4, 0.5) is 0 Å². The molecule has 5 rings (SSSR count). The van der Waals surface area contributed by atoms with Gasteiger partial charge < -0.3 is 4.98 Å². The van der Waals surface area contributed by atoms with Crippen LogP contribution in [0.5, 0.6) is 0 Å². The normalized spacial score (nSPS) is 15.3. The molecule has 7 heteroatoms. The molecule has 1 fully saturated rings. The highest BCUT2D eigenvalue weighted by atomic mass is 16.1. The minimum atomic E-state index is -0.0717. The minimum Gasteiger partial charge on any atom is -0.309 e. The summed E-state index contributed by atoms with van der Waals surface area (Å²) in [7, 11) is 0. The van der Waals surface area contributed by atoms with Gasteiger partial charge in [0.25, 0.3) is 5.56 Å². The number of aromatic nitrogens is 4. The molecule has 0 amide bonds. The van der Waals surface area contributed by atoms with Crippen LogP contribution in [-0.4, -0.2) is 55.9 Å². The maximum absolute atomic E-state index is 12.3. The van der Waals surface area contributed by atoms with Crippen molar-refractivity contribution >= 4 is 10.9 Å². The number of hydrogen-bond donors (Lipinski definition) is 1. The van der Waals surface area contributed by atoms with E-state index in [0.717, 1.165) is 66.8 Å². The van der Waals surface area contributed by atoms with Crippen LogP contribution in [0.1, 0.15) is 17.2 Å². The van der Waals surface area contributed by atoms with Crippen LogP contribution in [0.3, 0.4) is 0 Å². The Balaban J connectivity index is 1.22. The number of benzene rings is 2. The third kappa shape index (κ3) is 4.59. The Labute approximate surface area is 186 Å². The van der Waals surface area contributed by atoms with E-state index in [1.807, 2.05) is 61.5 Å². The molecule has 2 aromatic heterocycles. The molecule has 0 spiro atoms. The van der Waals surface area contributed by atoms with E-state index in [0.29, 0.717) is 11.9 Å². The number of hydrogen-bond acceptors (Lipinski definition) is 6. The SMILES string of the molecule is Cc1cc(CN2CCN(Cc3nc4ccccc4c(=O)[nH]3)CC2)nc(-c2ccccc2)n1. The zero-order chi connectivity index (χ0) is 21.9. The smallest absolute Gasteiger partial charge is 0.258 e. The lowest BCUT2D eigenvalue weighted by atomic mass is 10.2. The van der Waals surface area contributed by atoms with Crippen molar-refractivity contribution in [2.24, 2.45) is 0 Å². The van der Waals surface area contributed by atoms with Gasteiger partial charge in [-0.1, -0.05) is 42.5 Å². The molecule has 1 aliphatic heterocycles. The summed E-state index contributed by atoms with van der Waals surface area (Å²) in [4.78, 5) is 34.1.